The molecule has 2 aliphatic heterocycles. The van der Waals surface area contributed by atoms with Crippen LogP contribution in [0.5, 0.6) is 0 Å². The minimum Gasteiger partial charge on any atom is -0.379 e. The fourth-order valence-electron chi connectivity index (χ4n) is 2.37. The number of allylic oxidation sites excluding steroid dienone is 6. The van der Waals surface area contributed by atoms with Crippen LogP contribution < -0.4 is 0 Å². The molecule has 0 radical (unpaired) electrons. The number of nitrogens with zero attached hydrogens (tertiary/aromatic N) is 3. The van der Waals surface area contributed by atoms with Gasteiger partial charge in [-0.05, 0) is 38.5 Å². The van der Waals surface area contributed by atoms with Gasteiger partial charge in [-0.2, -0.15) is 5.26 Å². The van der Waals surface area contributed by atoms with E-state index in [4.69, 9.17) is 10.00 Å². The molecular weight excluding hydrogens is 226 g/mol. The minimum atomic E-state index is 0.760. The van der Waals surface area contributed by atoms with Crippen molar-refractivity contribution < 1.29 is 4.74 Å². The van der Waals surface area contributed by atoms with E-state index in [9.17, 15) is 0 Å². The van der Waals surface area contributed by atoms with Gasteiger partial charge in [-0.3, -0.25) is 5.01 Å². The number of rotatable bonds is 1. The van der Waals surface area contributed by atoms with E-state index < -0.39 is 0 Å². The number of hydrogen-bond acceptors (Lipinski definition) is 4. The van der Waals surface area contributed by atoms with Gasteiger partial charge in [0.1, 0.15) is 0 Å². The zero-order valence-corrected chi connectivity index (χ0v) is 11.2. The van der Waals surface area contributed by atoms with Crippen molar-refractivity contribution >= 4 is 0 Å². The number of nitriles is 1. The van der Waals surface area contributed by atoms with Gasteiger partial charge in [0.15, 0.2) is 0 Å². The molecule has 0 aromatic carbocycles. The van der Waals surface area contributed by atoms with Crippen LogP contribution in [0.15, 0.2) is 34.7 Å². The molecule has 2 heterocycles. The molecule has 4 heteroatoms. The Bertz CT molecular complexity index is 440. The third-order valence-electron chi connectivity index (χ3n) is 3.27. The average molecular weight is 245 g/mol. The minimum absolute atomic E-state index is 0.760. The Labute approximate surface area is 108 Å². The molecule has 0 aromatic heterocycles. The highest BCUT2D eigenvalue weighted by molar-refractivity contribution is 5.46. The second kappa shape index (κ2) is 5.38. The maximum atomic E-state index is 8.97. The van der Waals surface area contributed by atoms with E-state index in [0.29, 0.717) is 0 Å². The predicted molar refractivity (Wildman–Crippen MR) is 70.1 cm³/mol. The van der Waals surface area contributed by atoms with Crippen molar-refractivity contribution in [3.05, 3.63) is 34.7 Å². The number of morpholine rings is 1. The molecule has 0 aromatic rings. The summed E-state index contributed by atoms with van der Waals surface area (Å²) >= 11 is 0. The van der Waals surface area contributed by atoms with Crippen LogP contribution in [0.1, 0.15) is 20.8 Å². The van der Waals surface area contributed by atoms with Crippen LogP contribution in [0.4, 0.5) is 0 Å². The molecule has 1 fully saturated rings. The lowest BCUT2D eigenvalue weighted by molar-refractivity contribution is -0.0526. The van der Waals surface area contributed by atoms with E-state index in [1.54, 1.807) is 0 Å². The first kappa shape index (κ1) is 12.9. The quantitative estimate of drug-likeness (QED) is 0.664. The highest BCUT2D eigenvalue weighted by Gasteiger charge is 2.22. The van der Waals surface area contributed by atoms with E-state index in [2.05, 4.69) is 42.1 Å². The first-order chi connectivity index (χ1) is 8.63. The molecule has 0 atom stereocenters. The Morgan fingerprint density at radius 3 is 2.28 bits per heavy atom. The summed E-state index contributed by atoms with van der Waals surface area (Å²) in [5, 5.41) is 13.5. The maximum absolute atomic E-state index is 8.97. The van der Waals surface area contributed by atoms with Crippen LogP contribution in [-0.2, 0) is 4.74 Å². The van der Waals surface area contributed by atoms with Crippen LogP contribution in [0.3, 0.4) is 0 Å². The van der Waals surface area contributed by atoms with Crippen molar-refractivity contribution in [2.75, 3.05) is 26.3 Å². The summed E-state index contributed by atoms with van der Waals surface area (Å²) in [6, 6.07) is 2.21. The third kappa shape index (κ3) is 2.47. The standard InChI is InChI=1S/C14H19N3O/c1-11(10-15)14-8-12(2)17(13(3)9-14)16-4-6-18-7-5-16/h8-9H,4-7H2,1-3H3. The first-order valence-electron chi connectivity index (χ1n) is 6.24. The summed E-state index contributed by atoms with van der Waals surface area (Å²) in [5.74, 6) is 0. The topological polar surface area (TPSA) is 39.5 Å². The van der Waals surface area contributed by atoms with Crippen molar-refractivity contribution in [2.45, 2.75) is 20.8 Å². The van der Waals surface area contributed by atoms with Gasteiger partial charge in [0.2, 0.25) is 0 Å². The van der Waals surface area contributed by atoms with Gasteiger partial charge in [0, 0.05) is 30.1 Å². The second-order valence-corrected chi connectivity index (χ2v) is 4.64. The molecule has 2 aliphatic rings. The van der Waals surface area contributed by atoms with E-state index >= 15 is 0 Å². The van der Waals surface area contributed by atoms with Gasteiger partial charge in [0.05, 0.1) is 19.3 Å². The fourth-order valence-corrected chi connectivity index (χ4v) is 2.37. The Hall–Kier alpha value is -1.57. The lowest BCUT2D eigenvalue weighted by Crippen LogP contribution is -2.47. The summed E-state index contributed by atoms with van der Waals surface area (Å²) in [6.07, 6.45) is 4.14. The Kier molecular flexibility index (Phi) is 3.85. The maximum Gasteiger partial charge on any atom is 0.0950 e. The normalized spacial score (nSPS) is 21.2. The molecule has 0 spiro atoms. The molecular formula is C14H19N3O. The van der Waals surface area contributed by atoms with Crippen molar-refractivity contribution in [3.63, 3.8) is 0 Å². The van der Waals surface area contributed by atoms with Gasteiger partial charge in [0.25, 0.3) is 0 Å². The highest BCUT2D eigenvalue weighted by atomic mass is 16.5. The highest BCUT2D eigenvalue weighted by Crippen LogP contribution is 2.26. The molecule has 0 unspecified atom stereocenters. The summed E-state index contributed by atoms with van der Waals surface area (Å²) in [4.78, 5) is 0. The first-order valence-corrected chi connectivity index (χ1v) is 6.24. The van der Waals surface area contributed by atoms with Crippen molar-refractivity contribution in [1.82, 2.24) is 10.0 Å². The average Bonchev–Trinajstić information content (AvgIpc) is 2.38. The van der Waals surface area contributed by atoms with Crippen LogP contribution in [0, 0.1) is 11.3 Å². The van der Waals surface area contributed by atoms with E-state index in [1.165, 1.54) is 0 Å². The smallest absolute Gasteiger partial charge is 0.0950 e. The van der Waals surface area contributed by atoms with E-state index in [-0.39, 0.29) is 0 Å². The third-order valence-corrected chi connectivity index (χ3v) is 3.27. The largest absolute Gasteiger partial charge is 0.379 e. The van der Waals surface area contributed by atoms with Crippen LogP contribution in [0.25, 0.3) is 0 Å². The molecule has 0 N–H and O–H groups in total. The van der Waals surface area contributed by atoms with E-state index in [0.717, 1.165) is 48.8 Å². The number of hydrazine groups is 1. The lowest BCUT2D eigenvalue weighted by Gasteiger charge is -2.41. The Balaban J connectivity index is 2.26. The zero-order chi connectivity index (χ0) is 13.1. The monoisotopic (exact) mass is 245 g/mol. The molecule has 18 heavy (non-hydrogen) atoms. The second-order valence-electron chi connectivity index (χ2n) is 4.64. The fraction of sp³-hybridized carbons (Fsp3) is 0.500. The Morgan fingerprint density at radius 2 is 1.78 bits per heavy atom. The summed E-state index contributed by atoms with van der Waals surface area (Å²) in [6.45, 7) is 9.38. The van der Waals surface area contributed by atoms with Crippen LogP contribution >= 0.6 is 0 Å². The van der Waals surface area contributed by atoms with Crippen molar-refractivity contribution in [2.24, 2.45) is 0 Å². The number of hydrogen-bond donors (Lipinski definition) is 0. The molecule has 0 saturated carbocycles. The summed E-state index contributed by atoms with van der Waals surface area (Å²) < 4.78 is 5.38. The number of ether oxygens (including phenoxy) is 1. The summed E-state index contributed by atoms with van der Waals surface area (Å²) in [5.41, 5.74) is 4.08. The van der Waals surface area contributed by atoms with Gasteiger partial charge < -0.3 is 4.74 Å². The molecule has 0 amide bonds. The van der Waals surface area contributed by atoms with Crippen LogP contribution in [-0.4, -0.2) is 36.3 Å². The van der Waals surface area contributed by atoms with Gasteiger partial charge in [-0.1, -0.05) is 0 Å². The molecule has 1 saturated heterocycles. The van der Waals surface area contributed by atoms with E-state index in [1.807, 2.05) is 6.92 Å². The predicted octanol–water partition coefficient (Wildman–Crippen LogP) is 2.20. The lowest BCUT2D eigenvalue weighted by atomic mass is 10.0. The zero-order valence-electron chi connectivity index (χ0n) is 11.2. The summed E-state index contributed by atoms with van der Waals surface area (Å²) in [7, 11) is 0. The van der Waals surface area contributed by atoms with Crippen LogP contribution in [0.2, 0.25) is 0 Å². The van der Waals surface area contributed by atoms with Gasteiger partial charge in [-0.15, -0.1) is 0 Å². The van der Waals surface area contributed by atoms with Gasteiger partial charge >= 0.3 is 0 Å². The molecule has 96 valence electrons. The van der Waals surface area contributed by atoms with Crippen molar-refractivity contribution in [3.8, 4) is 6.07 Å². The Morgan fingerprint density at radius 1 is 1.22 bits per heavy atom. The SMILES string of the molecule is CC1=CC(=C(C)C#N)C=C(C)N1N1CCOCC1. The van der Waals surface area contributed by atoms with Gasteiger partial charge in [-0.25, -0.2) is 5.01 Å². The molecule has 4 nitrogen and oxygen atoms in total. The molecule has 0 aliphatic carbocycles. The van der Waals surface area contributed by atoms with Crippen molar-refractivity contribution in [1.29, 1.82) is 5.26 Å². The molecule has 2 rings (SSSR count). The molecule has 0 bridgehead atoms.